The lowest BCUT2D eigenvalue weighted by molar-refractivity contribution is 0.00904. The molecule has 2 bridgehead atoms. The predicted octanol–water partition coefficient (Wildman–Crippen LogP) is 4.30. The standard InChI is InChI=1S/C20H23NO2/c22-20(16-9-10-23-14-16)17-11-18-7-4-8-19(12-17)21(18)13-15-5-2-1-3-6-15/h1-3,5-6,9-10,14,17-19H,4,7-8,11-13H2. The summed E-state index contributed by atoms with van der Waals surface area (Å²) in [5.74, 6) is 0.435. The van der Waals surface area contributed by atoms with E-state index in [0.717, 1.165) is 24.9 Å². The van der Waals surface area contributed by atoms with E-state index in [9.17, 15) is 4.79 Å². The highest BCUT2D eigenvalue weighted by Crippen LogP contribution is 2.39. The zero-order chi connectivity index (χ0) is 15.6. The second-order valence-electron chi connectivity index (χ2n) is 6.94. The molecule has 3 heterocycles. The van der Waals surface area contributed by atoms with Crippen LogP contribution in [0, 0.1) is 5.92 Å². The maximum atomic E-state index is 12.7. The van der Waals surface area contributed by atoms with E-state index >= 15 is 0 Å². The molecule has 1 aromatic carbocycles. The van der Waals surface area contributed by atoms with E-state index in [4.69, 9.17) is 4.42 Å². The van der Waals surface area contributed by atoms with Crippen molar-refractivity contribution in [2.45, 2.75) is 50.7 Å². The summed E-state index contributed by atoms with van der Waals surface area (Å²) in [5.41, 5.74) is 2.12. The summed E-state index contributed by atoms with van der Waals surface area (Å²) in [6, 6.07) is 13.6. The van der Waals surface area contributed by atoms with Crippen LogP contribution in [0.1, 0.15) is 48.0 Å². The van der Waals surface area contributed by atoms with E-state index in [2.05, 4.69) is 35.2 Å². The topological polar surface area (TPSA) is 33.5 Å². The number of hydrogen-bond acceptors (Lipinski definition) is 3. The van der Waals surface area contributed by atoms with Crippen molar-refractivity contribution >= 4 is 5.78 Å². The fourth-order valence-electron chi connectivity index (χ4n) is 4.39. The lowest BCUT2D eigenvalue weighted by Crippen LogP contribution is -2.52. The van der Waals surface area contributed by atoms with Crippen molar-refractivity contribution < 1.29 is 9.21 Å². The summed E-state index contributed by atoms with van der Waals surface area (Å²) in [6.07, 6.45) is 8.91. The third-order valence-electron chi connectivity index (χ3n) is 5.51. The summed E-state index contributed by atoms with van der Waals surface area (Å²) in [6.45, 7) is 1.02. The molecule has 2 fully saturated rings. The lowest BCUT2D eigenvalue weighted by atomic mass is 9.75. The van der Waals surface area contributed by atoms with Gasteiger partial charge >= 0.3 is 0 Å². The molecule has 0 spiro atoms. The number of carbonyl (C=O) groups is 1. The first-order valence-corrected chi connectivity index (χ1v) is 8.67. The molecule has 0 amide bonds. The minimum absolute atomic E-state index is 0.162. The van der Waals surface area contributed by atoms with Gasteiger partial charge in [-0.2, -0.15) is 0 Å². The SMILES string of the molecule is O=C(c1ccoc1)C1CC2CCCC(C1)N2Cc1ccccc1. The van der Waals surface area contributed by atoms with Crippen LogP contribution in [0.2, 0.25) is 0 Å². The van der Waals surface area contributed by atoms with Crippen LogP contribution in [0.4, 0.5) is 0 Å². The van der Waals surface area contributed by atoms with Crippen molar-refractivity contribution in [1.82, 2.24) is 4.90 Å². The first kappa shape index (κ1) is 14.7. The first-order valence-electron chi connectivity index (χ1n) is 8.67. The number of rotatable bonds is 4. The van der Waals surface area contributed by atoms with Gasteiger partial charge in [0.2, 0.25) is 0 Å². The van der Waals surface area contributed by atoms with Crippen molar-refractivity contribution in [3.05, 3.63) is 60.1 Å². The maximum Gasteiger partial charge on any atom is 0.169 e. The molecule has 2 atom stereocenters. The average Bonchev–Trinajstić information content (AvgIpc) is 3.09. The minimum atomic E-state index is 0.162. The molecule has 23 heavy (non-hydrogen) atoms. The van der Waals surface area contributed by atoms with Crippen molar-refractivity contribution in [3.8, 4) is 0 Å². The molecule has 0 saturated carbocycles. The van der Waals surface area contributed by atoms with Gasteiger partial charge in [0.25, 0.3) is 0 Å². The fourth-order valence-corrected chi connectivity index (χ4v) is 4.39. The van der Waals surface area contributed by atoms with Gasteiger partial charge in [-0.15, -0.1) is 0 Å². The van der Waals surface area contributed by atoms with Crippen LogP contribution in [0.15, 0.2) is 53.3 Å². The molecule has 0 aliphatic carbocycles. The summed E-state index contributed by atoms with van der Waals surface area (Å²) in [5, 5.41) is 0. The van der Waals surface area contributed by atoms with Crippen LogP contribution in [0.5, 0.6) is 0 Å². The Kier molecular flexibility index (Phi) is 4.04. The van der Waals surface area contributed by atoms with Crippen LogP contribution in [0.25, 0.3) is 0 Å². The minimum Gasteiger partial charge on any atom is -0.472 e. The second-order valence-corrected chi connectivity index (χ2v) is 6.94. The molecule has 1 aromatic heterocycles. The number of ketones is 1. The highest BCUT2D eigenvalue weighted by molar-refractivity contribution is 5.97. The van der Waals surface area contributed by atoms with Gasteiger partial charge in [-0.05, 0) is 37.3 Å². The van der Waals surface area contributed by atoms with Crippen LogP contribution >= 0.6 is 0 Å². The third-order valence-corrected chi connectivity index (χ3v) is 5.51. The van der Waals surface area contributed by atoms with Crippen molar-refractivity contribution in [2.75, 3.05) is 0 Å². The van der Waals surface area contributed by atoms with Gasteiger partial charge in [0.1, 0.15) is 6.26 Å². The number of fused-ring (bicyclic) bond motifs is 2. The Labute approximate surface area is 137 Å². The summed E-state index contributed by atoms with van der Waals surface area (Å²) in [4.78, 5) is 15.3. The number of furan rings is 1. The van der Waals surface area contributed by atoms with Crippen LogP contribution < -0.4 is 0 Å². The Bertz CT molecular complexity index is 636. The van der Waals surface area contributed by atoms with E-state index in [1.807, 2.05) is 0 Å². The fraction of sp³-hybridized carbons (Fsp3) is 0.450. The van der Waals surface area contributed by atoms with E-state index in [0.29, 0.717) is 12.1 Å². The molecule has 4 rings (SSSR count). The van der Waals surface area contributed by atoms with E-state index < -0.39 is 0 Å². The molecule has 120 valence electrons. The zero-order valence-electron chi connectivity index (χ0n) is 13.4. The highest BCUT2D eigenvalue weighted by Gasteiger charge is 2.40. The molecule has 2 aliphatic rings. The number of Topliss-reactive ketones (excluding diaryl/α,β-unsaturated/α-hetero) is 1. The molecular weight excluding hydrogens is 286 g/mol. The lowest BCUT2D eigenvalue weighted by Gasteiger charge is -2.48. The van der Waals surface area contributed by atoms with Gasteiger partial charge in [0.05, 0.1) is 11.8 Å². The average molecular weight is 309 g/mol. The Hall–Kier alpha value is -1.87. The molecule has 3 heteroatoms. The Morgan fingerprint density at radius 3 is 2.48 bits per heavy atom. The van der Waals surface area contributed by atoms with E-state index in [1.165, 1.54) is 24.8 Å². The predicted molar refractivity (Wildman–Crippen MR) is 89.2 cm³/mol. The highest BCUT2D eigenvalue weighted by atomic mass is 16.3. The van der Waals surface area contributed by atoms with Gasteiger partial charge in [-0.1, -0.05) is 36.8 Å². The summed E-state index contributed by atoms with van der Waals surface area (Å²) >= 11 is 0. The van der Waals surface area contributed by atoms with Gasteiger partial charge in [-0.25, -0.2) is 0 Å². The van der Waals surface area contributed by atoms with E-state index in [1.54, 1.807) is 18.6 Å². The number of nitrogens with zero attached hydrogens (tertiary/aromatic N) is 1. The molecule has 2 aromatic rings. The Morgan fingerprint density at radius 2 is 1.83 bits per heavy atom. The van der Waals surface area contributed by atoms with Crippen molar-refractivity contribution in [2.24, 2.45) is 5.92 Å². The van der Waals surface area contributed by atoms with Gasteiger partial charge in [0, 0.05) is 24.5 Å². The molecule has 2 aliphatic heterocycles. The first-order chi connectivity index (χ1) is 11.3. The number of benzene rings is 1. The van der Waals surface area contributed by atoms with Gasteiger partial charge in [0.15, 0.2) is 5.78 Å². The number of carbonyl (C=O) groups excluding carboxylic acids is 1. The largest absolute Gasteiger partial charge is 0.472 e. The quantitative estimate of drug-likeness (QED) is 0.790. The molecular formula is C20H23NO2. The van der Waals surface area contributed by atoms with Crippen LogP contribution in [0.3, 0.4) is 0 Å². The summed E-state index contributed by atoms with van der Waals surface area (Å²) < 4.78 is 5.09. The third kappa shape index (κ3) is 2.98. The molecule has 3 nitrogen and oxygen atoms in total. The van der Waals surface area contributed by atoms with Crippen LogP contribution in [-0.2, 0) is 6.54 Å². The second kappa shape index (κ2) is 6.32. The molecule has 2 saturated heterocycles. The maximum absolute atomic E-state index is 12.7. The van der Waals surface area contributed by atoms with Gasteiger partial charge in [-0.3, -0.25) is 9.69 Å². The van der Waals surface area contributed by atoms with E-state index in [-0.39, 0.29) is 11.7 Å². The molecule has 2 unspecified atom stereocenters. The zero-order valence-corrected chi connectivity index (χ0v) is 13.4. The number of hydrogen-bond donors (Lipinski definition) is 0. The normalized spacial score (nSPS) is 27.7. The summed E-state index contributed by atoms with van der Waals surface area (Å²) in [7, 11) is 0. The Balaban J connectivity index is 1.49. The Morgan fingerprint density at radius 1 is 1.09 bits per heavy atom. The van der Waals surface area contributed by atoms with Crippen molar-refractivity contribution in [3.63, 3.8) is 0 Å². The molecule has 0 radical (unpaired) electrons. The van der Waals surface area contributed by atoms with Crippen molar-refractivity contribution in [1.29, 1.82) is 0 Å². The smallest absolute Gasteiger partial charge is 0.169 e. The van der Waals surface area contributed by atoms with Crippen LogP contribution in [-0.4, -0.2) is 22.8 Å². The molecule has 0 N–H and O–H groups in total. The van der Waals surface area contributed by atoms with Gasteiger partial charge < -0.3 is 4.42 Å². The monoisotopic (exact) mass is 309 g/mol. The number of piperidine rings is 2.